The monoisotopic (exact) mass is 248 g/mol. The number of para-hydroxylation sites is 1. The van der Waals surface area contributed by atoms with E-state index in [-0.39, 0.29) is 11.1 Å². The molecule has 100 valence electrons. The average Bonchev–Trinajstić information content (AvgIpc) is 2.40. The maximum atomic E-state index is 6.04. The van der Waals surface area contributed by atoms with E-state index in [0.717, 1.165) is 31.6 Å². The van der Waals surface area contributed by atoms with Crippen LogP contribution in [-0.2, 0) is 4.74 Å². The van der Waals surface area contributed by atoms with Crippen molar-refractivity contribution < 1.29 is 4.74 Å². The summed E-state index contributed by atoms with van der Waals surface area (Å²) in [5.74, 6) is 0. The first-order valence-electron chi connectivity index (χ1n) is 6.79. The number of anilines is 1. The molecule has 1 heterocycles. The highest BCUT2D eigenvalue weighted by Crippen LogP contribution is 2.36. The van der Waals surface area contributed by atoms with E-state index in [4.69, 9.17) is 10.5 Å². The van der Waals surface area contributed by atoms with Crippen LogP contribution in [0.15, 0.2) is 30.3 Å². The smallest absolute Gasteiger partial charge is 0.0674 e. The molecule has 1 aliphatic heterocycles. The van der Waals surface area contributed by atoms with Gasteiger partial charge in [-0.3, -0.25) is 0 Å². The molecule has 1 saturated heterocycles. The van der Waals surface area contributed by atoms with E-state index in [9.17, 15) is 0 Å². The third kappa shape index (κ3) is 2.85. The maximum Gasteiger partial charge on any atom is 0.0674 e. The molecule has 0 aliphatic carbocycles. The molecule has 1 fully saturated rings. The molecule has 0 radical (unpaired) electrons. The van der Waals surface area contributed by atoms with Gasteiger partial charge in [-0.05, 0) is 31.9 Å². The Labute approximate surface area is 110 Å². The molecule has 0 aromatic heterocycles. The van der Waals surface area contributed by atoms with Crippen molar-refractivity contribution in [2.24, 2.45) is 5.73 Å². The standard InChI is InChI=1S/C15H24N2O/c1-3-14(2)11-15(12-16,9-10-18-14)17-13-7-5-4-6-8-13/h4-8,17H,3,9-12,16H2,1-2H3. The zero-order chi connectivity index (χ0) is 13.1. The van der Waals surface area contributed by atoms with Gasteiger partial charge in [0, 0.05) is 25.3 Å². The van der Waals surface area contributed by atoms with Crippen LogP contribution < -0.4 is 11.1 Å². The van der Waals surface area contributed by atoms with Crippen molar-refractivity contribution in [2.75, 3.05) is 18.5 Å². The number of ether oxygens (including phenoxy) is 1. The third-order valence-corrected chi connectivity index (χ3v) is 4.07. The van der Waals surface area contributed by atoms with Gasteiger partial charge >= 0.3 is 0 Å². The van der Waals surface area contributed by atoms with Gasteiger partial charge in [0.15, 0.2) is 0 Å². The van der Waals surface area contributed by atoms with Crippen molar-refractivity contribution in [3.8, 4) is 0 Å². The van der Waals surface area contributed by atoms with Gasteiger partial charge in [-0.2, -0.15) is 0 Å². The Morgan fingerprint density at radius 3 is 2.67 bits per heavy atom. The van der Waals surface area contributed by atoms with Crippen LogP contribution in [0.2, 0.25) is 0 Å². The second-order valence-electron chi connectivity index (χ2n) is 5.55. The maximum absolute atomic E-state index is 6.04. The summed E-state index contributed by atoms with van der Waals surface area (Å²) in [7, 11) is 0. The summed E-state index contributed by atoms with van der Waals surface area (Å²) < 4.78 is 5.91. The summed E-state index contributed by atoms with van der Waals surface area (Å²) in [6.45, 7) is 5.78. The Kier molecular flexibility index (Phi) is 3.93. The topological polar surface area (TPSA) is 47.3 Å². The number of nitrogens with one attached hydrogen (secondary N) is 1. The molecule has 3 heteroatoms. The summed E-state index contributed by atoms with van der Waals surface area (Å²) in [4.78, 5) is 0. The van der Waals surface area contributed by atoms with Crippen LogP contribution in [0.1, 0.15) is 33.1 Å². The second kappa shape index (κ2) is 5.29. The number of hydrogen-bond donors (Lipinski definition) is 2. The van der Waals surface area contributed by atoms with E-state index in [2.05, 4.69) is 31.3 Å². The minimum Gasteiger partial charge on any atom is -0.378 e. The number of rotatable bonds is 4. The number of hydrogen-bond acceptors (Lipinski definition) is 3. The predicted octanol–water partition coefficient (Wildman–Crippen LogP) is 2.78. The fraction of sp³-hybridized carbons (Fsp3) is 0.600. The van der Waals surface area contributed by atoms with Gasteiger partial charge in [0.2, 0.25) is 0 Å². The van der Waals surface area contributed by atoms with Crippen molar-refractivity contribution in [3.05, 3.63) is 30.3 Å². The molecule has 18 heavy (non-hydrogen) atoms. The molecule has 0 bridgehead atoms. The average molecular weight is 248 g/mol. The summed E-state index contributed by atoms with van der Waals surface area (Å²) in [5, 5.41) is 3.63. The lowest BCUT2D eigenvalue weighted by molar-refractivity contribution is -0.0882. The van der Waals surface area contributed by atoms with Crippen LogP contribution in [0.25, 0.3) is 0 Å². The number of benzene rings is 1. The fourth-order valence-electron chi connectivity index (χ4n) is 2.73. The van der Waals surface area contributed by atoms with Gasteiger partial charge in [-0.25, -0.2) is 0 Å². The summed E-state index contributed by atoms with van der Waals surface area (Å²) >= 11 is 0. The molecule has 1 aromatic rings. The lowest BCUT2D eigenvalue weighted by Crippen LogP contribution is -2.55. The quantitative estimate of drug-likeness (QED) is 0.861. The van der Waals surface area contributed by atoms with Crippen molar-refractivity contribution in [3.63, 3.8) is 0 Å². The van der Waals surface area contributed by atoms with Crippen LogP contribution in [0.3, 0.4) is 0 Å². The van der Waals surface area contributed by atoms with E-state index in [1.165, 1.54) is 0 Å². The molecular formula is C15H24N2O. The van der Waals surface area contributed by atoms with Crippen LogP contribution >= 0.6 is 0 Å². The SMILES string of the molecule is CCC1(C)CC(CN)(Nc2ccccc2)CCO1. The molecular weight excluding hydrogens is 224 g/mol. The molecule has 2 unspecified atom stereocenters. The van der Waals surface area contributed by atoms with Crippen molar-refractivity contribution >= 4 is 5.69 Å². The summed E-state index contributed by atoms with van der Waals surface area (Å²) in [6, 6.07) is 10.3. The fourth-order valence-corrected chi connectivity index (χ4v) is 2.73. The van der Waals surface area contributed by atoms with Crippen LogP contribution in [-0.4, -0.2) is 24.3 Å². The highest BCUT2D eigenvalue weighted by molar-refractivity contribution is 5.45. The Hall–Kier alpha value is -1.06. The molecule has 1 aromatic carbocycles. The van der Waals surface area contributed by atoms with E-state index in [0.29, 0.717) is 6.54 Å². The van der Waals surface area contributed by atoms with Crippen molar-refractivity contribution in [1.29, 1.82) is 0 Å². The largest absolute Gasteiger partial charge is 0.378 e. The minimum absolute atomic E-state index is 0.0373. The van der Waals surface area contributed by atoms with Crippen LogP contribution in [0, 0.1) is 0 Å². The van der Waals surface area contributed by atoms with E-state index in [1.807, 2.05) is 18.2 Å². The zero-order valence-corrected chi connectivity index (χ0v) is 11.4. The second-order valence-corrected chi connectivity index (χ2v) is 5.55. The van der Waals surface area contributed by atoms with E-state index < -0.39 is 0 Å². The summed E-state index contributed by atoms with van der Waals surface area (Å²) in [5.41, 5.74) is 7.09. The zero-order valence-electron chi connectivity index (χ0n) is 11.4. The van der Waals surface area contributed by atoms with Crippen molar-refractivity contribution in [2.45, 2.75) is 44.2 Å². The van der Waals surface area contributed by atoms with E-state index in [1.54, 1.807) is 0 Å². The van der Waals surface area contributed by atoms with Gasteiger partial charge in [0.1, 0.15) is 0 Å². The predicted molar refractivity (Wildman–Crippen MR) is 75.7 cm³/mol. The molecule has 0 amide bonds. The van der Waals surface area contributed by atoms with E-state index >= 15 is 0 Å². The normalized spacial score (nSPS) is 32.2. The van der Waals surface area contributed by atoms with Gasteiger partial charge in [-0.15, -0.1) is 0 Å². The molecule has 3 N–H and O–H groups in total. The Balaban J connectivity index is 2.15. The molecule has 1 aliphatic rings. The first-order valence-corrected chi connectivity index (χ1v) is 6.79. The Morgan fingerprint density at radius 2 is 2.06 bits per heavy atom. The molecule has 2 atom stereocenters. The van der Waals surface area contributed by atoms with Gasteiger partial charge < -0.3 is 15.8 Å². The molecule has 0 spiro atoms. The lowest BCUT2D eigenvalue weighted by atomic mass is 9.79. The van der Waals surface area contributed by atoms with Gasteiger partial charge in [0.25, 0.3) is 0 Å². The lowest BCUT2D eigenvalue weighted by Gasteiger charge is -2.46. The van der Waals surface area contributed by atoms with Gasteiger partial charge in [-0.1, -0.05) is 25.1 Å². The van der Waals surface area contributed by atoms with Crippen molar-refractivity contribution in [1.82, 2.24) is 0 Å². The molecule has 0 saturated carbocycles. The van der Waals surface area contributed by atoms with Crippen LogP contribution in [0.4, 0.5) is 5.69 Å². The first-order chi connectivity index (χ1) is 8.61. The molecule has 2 rings (SSSR count). The Bertz CT molecular complexity index is 381. The highest BCUT2D eigenvalue weighted by atomic mass is 16.5. The Morgan fingerprint density at radius 1 is 1.33 bits per heavy atom. The first kappa shape index (κ1) is 13.4. The third-order valence-electron chi connectivity index (χ3n) is 4.07. The van der Waals surface area contributed by atoms with Crippen LogP contribution in [0.5, 0.6) is 0 Å². The summed E-state index contributed by atoms with van der Waals surface area (Å²) in [6.07, 6.45) is 2.95. The highest BCUT2D eigenvalue weighted by Gasteiger charge is 2.41. The minimum atomic E-state index is -0.0562. The molecule has 3 nitrogen and oxygen atoms in total. The van der Waals surface area contributed by atoms with Gasteiger partial charge in [0.05, 0.1) is 11.1 Å². The number of nitrogens with two attached hydrogens (primary N) is 1.